The maximum atomic E-state index is 13.2. The van der Waals surface area contributed by atoms with Crippen molar-refractivity contribution in [1.29, 1.82) is 0 Å². The van der Waals surface area contributed by atoms with Crippen molar-refractivity contribution in [2.24, 2.45) is 0 Å². The first-order chi connectivity index (χ1) is 32.5. The van der Waals surface area contributed by atoms with E-state index in [0.717, 1.165) is 51.6 Å². The number of hydrogen-bond donors (Lipinski definition) is 2. The van der Waals surface area contributed by atoms with E-state index >= 15 is 0 Å². The van der Waals surface area contributed by atoms with Crippen molar-refractivity contribution in [3.63, 3.8) is 0 Å². The average molecular weight is 930 g/mol. The Morgan fingerprint density at radius 1 is 0.258 bits per heavy atom. The second kappa shape index (κ2) is 50.3. The molecular formula is C60H120N4O2. The molecule has 2 unspecified atom stereocenters. The van der Waals surface area contributed by atoms with E-state index in [0.29, 0.717) is 0 Å². The molecule has 66 heavy (non-hydrogen) atoms. The molecule has 6 nitrogen and oxygen atoms in total. The summed E-state index contributed by atoms with van der Waals surface area (Å²) in [5.74, 6) is 0.0754. The van der Waals surface area contributed by atoms with Gasteiger partial charge in [-0.3, -0.25) is 9.59 Å². The summed E-state index contributed by atoms with van der Waals surface area (Å²) in [6, 6.07) is -0.743. The molecule has 0 aromatic heterocycles. The van der Waals surface area contributed by atoms with Gasteiger partial charge in [0, 0.05) is 0 Å². The monoisotopic (exact) mass is 929 g/mol. The van der Waals surface area contributed by atoms with Gasteiger partial charge in [0.25, 0.3) is 0 Å². The lowest BCUT2D eigenvalue weighted by Crippen LogP contribution is -2.61. The number of piperazine rings is 1. The summed E-state index contributed by atoms with van der Waals surface area (Å²) >= 11 is 0. The van der Waals surface area contributed by atoms with Gasteiger partial charge in [-0.15, -0.1) is 0 Å². The van der Waals surface area contributed by atoms with Gasteiger partial charge in [0.05, 0.1) is 0 Å². The van der Waals surface area contributed by atoms with Crippen LogP contribution in [0.4, 0.5) is 0 Å². The molecule has 1 rings (SSSR count). The van der Waals surface area contributed by atoms with Gasteiger partial charge in [-0.1, -0.05) is 259 Å². The number of unbranched alkanes of at least 4 members (excludes halogenated alkanes) is 38. The molecule has 1 heterocycles. The zero-order valence-corrected chi connectivity index (χ0v) is 45.6. The van der Waals surface area contributed by atoms with E-state index in [9.17, 15) is 9.59 Å². The third-order valence-electron chi connectivity index (χ3n) is 15.0. The zero-order chi connectivity index (χ0) is 47.6. The summed E-state index contributed by atoms with van der Waals surface area (Å²) in [4.78, 5) is 31.9. The molecule has 0 saturated carbocycles. The predicted octanol–water partition coefficient (Wildman–Crippen LogP) is 17.6. The standard InChI is InChI=1S/C60H120N4O2/c1-5-9-13-17-21-25-29-33-37-43-51-63(52-44-38-34-30-26-22-18-14-10-6-2)55-47-41-49-57-59(65)62-58(60(66)61-57)50-42-48-56-64(53-45-39-35-31-27-23-19-15-11-7-3)54-46-40-36-32-28-24-20-16-12-8-4/h57-58H,5-56H2,1-4H3,(H,61,66)(H,62,65). The molecule has 1 saturated heterocycles. The largest absolute Gasteiger partial charge is 0.343 e. The molecule has 1 aliphatic heterocycles. The lowest BCUT2D eigenvalue weighted by atomic mass is 10.0. The first-order valence-electron chi connectivity index (χ1n) is 30.6. The lowest BCUT2D eigenvalue weighted by molar-refractivity contribution is -0.137. The van der Waals surface area contributed by atoms with E-state index in [-0.39, 0.29) is 23.9 Å². The Labute approximate surface area is 414 Å². The molecule has 392 valence electrons. The second-order valence-corrected chi connectivity index (χ2v) is 21.5. The number of carbonyl (C=O) groups is 2. The third-order valence-corrected chi connectivity index (χ3v) is 15.0. The van der Waals surface area contributed by atoms with Crippen LogP contribution in [0.1, 0.15) is 323 Å². The highest BCUT2D eigenvalue weighted by Gasteiger charge is 2.32. The van der Waals surface area contributed by atoms with Crippen molar-refractivity contribution in [3.8, 4) is 0 Å². The van der Waals surface area contributed by atoms with Crippen molar-refractivity contribution in [1.82, 2.24) is 20.4 Å². The number of hydrogen-bond acceptors (Lipinski definition) is 4. The fourth-order valence-electron chi connectivity index (χ4n) is 10.4. The van der Waals surface area contributed by atoms with E-state index in [1.165, 1.54) is 283 Å². The Kier molecular flexibility index (Phi) is 47.9. The van der Waals surface area contributed by atoms with E-state index in [1.54, 1.807) is 0 Å². The molecule has 0 radical (unpaired) electrons. The Morgan fingerprint density at radius 2 is 0.424 bits per heavy atom. The zero-order valence-electron chi connectivity index (χ0n) is 45.6. The molecule has 2 amide bonds. The Bertz CT molecular complexity index is 881. The van der Waals surface area contributed by atoms with Gasteiger partial charge in [0.1, 0.15) is 12.1 Å². The van der Waals surface area contributed by atoms with Crippen LogP contribution in [0.15, 0.2) is 0 Å². The van der Waals surface area contributed by atoms with Crippen LogP contribution in [0.5, 0.6) is 0 Å². The molecular weight excluding hydrogens is 809 g/mol. The van der Waals surface area contributed by atoms with Gasteiger partial charge in [0.15, 0.2) is 0 Å². The molecule has 0 aromatic carbocycles. The van der Waals surface area contributed by atoms with Crippen molar-refractivity contribution in [2.45, 2.75) is 335 Å². The number of nitrogens with zero attached hydrogens (tertiary/aromatic N) is 2. The van der Waals surface area contributed by atoms with E-state index in [4.69, 9.17) is 0 Å². The highest BCUT2D eigenvalue weighted by molar-refractivity contribution is 5.96. The Balaban J connectivity index is 2.43. The predicted molar refractivity (Wildman–Crippen MR) is 292 cm³/mol. The molecule has 0 spiro atoms. The van der Waals surface area contributed by atoms with Crippen LogP contribution in [-0.2, 0) is 9.59 Å². The number of amides is 2. The second-order valence-electron chi connectivity index (χ2n) is 21.5. The Morgan fingerprint density at radius 3 is 0.621 bits per heavy atom. The smallest absolute Gasteiger partial charge is 0.243 e. The van der Waals surface area contributed by atoms with Crippen LogP contribution in [0, 0.1) is 0 Å². The van der Waals surface area contributed by atoms with Crippen molar-refractivity contribution < 1.29 is 9.59 Å². The summed E-state index contributed by atoms with van der Waals surface area (Å²) in [6.07, 6.45) is 61.1. The first-order valence-corrected chi connectivity index (χ1v) is 30.6. The first kappa shape index (κ1) is 62.9. The minimum absolute atomic E-state index is 0.0377. The average Bonchev–Trinajstić information content (AvgIpc) is 3.32. The van der Waals surface area contributed by atoms with Gasteiger partial charge in [-0.05, 0) is 103 Å². The molecule has 2 N–H and O–H groups in total. The number of rotatable bonds is 54. The van der Waals surface area contributed by atoms with E-state index in [1.807, 2.05) is 0 Å². The van der Waals surface area contributed by atoms with Gasteiger partial charge >= 0.3 is 0 Å². The van der Waals surface area contributed by atoms with Crippen molar-refractivity contribution in [2.75, 3.05) is 39.3 Å². The summed E-state index contributed by atoms with van der Waals surface area (Å²) in [5, 5.41) is 6.29. The molecule has 2 atom stereocenters. The Hall–Kier alpha value is -1.14. The minimum atomic E-state index is -0.372. The fraction of sp³-hybridized carbons (Fsp3) is 0.967. The lowest BCUT2D eigenvalue weighted by Gasteiger charge is -2.30. The van der Waals surface area contributed by atoms with E-state index < -0.39 is 0 Å². The summed E-state index contributed by atoms with van der Waals surface area (Å²) in [7, 11) is 0. The van der Waals surface area contributed by atoms with Crippen LogP contribution in [0.2, 0.25) is 0 Å². The van der Waals surface area contributed by atoms with Gasteiger partial charge in [-0.25, -0.2) is 0 Å². The van der Waals surface area contributed by atoms with Gasteiger partial charge in [0.2, 0.25) is 11.8 Å². The van der Waals surface area contributed by atoms with Crippen molar-refractivity contribution >= 4 is 11.8 Å². The molecule has 0 aliphatic carbocycles. The molecule has 1 fully saturated rings. The van der Waals surface area contributed by atoms with Crippen LogP contribution in [0.3, 0.4) is 0 Å². The maximum Gasteiger partial charge on any atom is 0.243 e. The summed E-state index contributed by atoms with van der Waals surface area (Å²) in [6.45, 7) is 16.3. The van der Waals surface area contributed by atoms with Gasteiger partial charge in [-0.2, -0.15) is 0 Å². The topological polar surface area (TPSA) is 64.7 Å². The van der Waals surface area contributed by atoms with Gasteiger partial charge < -0.3 is 20.4 Å². The normalized spacial score (nSPS) is 15.4. The minimum Gasteiger partial charge on any atom is -0.343 e. The summed E-state index contributed by atoms with van der Waals surface area (Å²) < 4.78 is 0. The molecule has 0 bridgehead atoms. The molecule has 6 heteroatoms. The third kappa shape index (κ3) is 40.7. The number of carbonyl (C=O) groups excluding carboxylic acids is 2. The fourth-order valence-corrected chi connectivity index (χ4v) is 10.4. The quantitative estimate of drug-likeness (QED) is 0.0597. The van der Waals surface area contributed by atoms with E-state index in [2.05, 4.69) is 48.1 Å². The van der Waals surface area contributed by atoms with Crippen LogP contribution >= 0.6 is 0 Å². The van der Waals surface area contributed by atoms with Crippen LogP contribution in [-0.4, -0.2) is 73.0 Å². The highest BCUT2D eigenvalue weighted by Crippen LogP contribution is 2.17. The van der Waals surface area contributed by atoms with Crippen LogP contribution in [0.25, 0.3) is 0 Å². The van der Waals surface area contributed by atoms with Crippen LogP contribution < -0.4 is 10.6 Å². The summed E-state index contributed by atoms with van der Waals surface area (Å²) in [5.41, 5.74) is 0. The SMILES string of the molecule is CCCCCCCCCCCCN(CCCCCCCCCCCC)CCCCC1NC(=O)C(CCCCN(CCCCCCCCCCCC)CCCCCCCCCCCC)NC1=O. The molecule has 1 aliphatic rings. The molecule has 0 aromatic rings. The van der Waals surface area contributed by atoms with Crippen molar-refractivity contribution in [3.05, 3.63) is 0 Å². The number of nitrogens with one attached hydrogen (secondary N) is 2. The maximum absolute atomic E-state index is 13.2. The highest BCUT2D eigenvalue weighted by atomic mass is 16.2.